The van der Waals surface area contributed by atoms with E-state index in [1.165, 1.54) is 6.08 Å². The van der Waals surface area contributed by atoms with Gasteiger partial charge in [-0.2, -0.15) is 0 Å². The normalized spacial score (nSPS) is 18.1. The molecule has 0 aromatic heterocycles. The molecule has 1 aromatic rings. The van der Waals surface area contributed by atoms with E-state index in [9.17, 15) is 14.4 Å². The number of rotatable bonds is 6. The zero-order valence-corrected chi connectivity index (χ0v) is 15.1. The smallest absolute Gasteiger partial charge is 0.447 e. The molecule has 1 heterocycles. The SMILES string of the molecule is C/C=C\[C@H](OC(=O)OCc1ccccc1)C(=O)N1C(=O)OC[C@@H]1C(C)C. The van der Waals surface area contributed by atoms with Gasteiger partial charge in [0.1, 0.15) is 13.2 Å². The zero-order chi connectivity index (χ0) is 19.1. The molecule has 2 amide bonds. The molecule has 0 N–H and O–H groups in total. The molecule has 0 bridgehead atoms. The van der Waals surface area contributed by atoms with Crippen LogP contribution < -0.4 is 0 Å². The van der Waals surface area contributed by atoms with Crippen LogP contribution in [0.15, 0.2) is 42.5 Å². The van der Waals surface area contributed by atoms with E-state index >= 15 is 0 Å². The average molecular weight is 361 g/mol. The standard InChI is InChI=1S/C19H23NO6/c1-4-8-16(17(21)20-15(13(2)3)12-24-18(20)22)26-19(23)25-11-14-9-6-5-7-10-14/h4-10,13,15-16H,11-12H2,1-3H3/b8-4-/t15-,16+/m1/s1. The molecule has 0 radical (unpaired) electrons. The van der Waals surface area contributed by atoms with Crippen molar-refractivity contribution < 1.29 is 28.6 Å². The van der Waals surface area contributed by atoms with Gasteiger partial charge in [-0.3, -0.25) is 4.79 Å². The third kappa shape index (κ3) is 4.84. The summed E-state index contributed by atoms with van der Waals surface area (Å²) in [6, 6.07) is 8.70. The minimum absolute atomic E-state index is 0.0155. The Labute approximate surface area is 152 Å². The van der Waals surface area contributed by atoms with Crippen molar-refractivity contribution in [1.29, 1.82) is 0 Å². The van der Waals surface area contributed by atoms with Crippen molar-refractivity contribution in [3.05, 3.63) is 48.0 Å². The van der Waals surface area contributed by atoms with E-state index in [-0.39, 0.29) is 19.1 Å². The molecule has 1 aliphatic heterocycles. The van der Waals surface area contributed by atoms with Gasteiger partial charge in [0.05, 0.1) is 6.04 Å². The number of carbonyl (C=O) groups excluding carboxylic acids is 3. The molecular formula is C19H23NO6. The molecule has 1 fully saturated rings. The number of imide groups is 1. The fourth-order valence-electron chi connectivity index (χ4n) is 2.52. The molecule has 0 saturated carbocycles. The molecule has 1 aromatic carbocycles. The summed E-state index contributed by atoms with van der Waals surface area (Å²) in [5.74, 6) is -0.636. The second-order valence-electron chi connectivity index (χ2n) is 6.19. The number of carbonyl (C=O) groups is 3. The number of benzene rings is 1. The van der Waals surface area contributed by atoms with Crippen molar-refractivity contribution in [2.24, 2.45) is 5.92 Å². The van der Waals surface area contributed by atoms with Gasteiger partial charge in [0.15, 0.2) is 0 Å². The number of ether oxygens (including phenoxy) is 3. The lowest BCUT2D eigenvalue weighted by atomic mass is 10.0. The van der Waals surface area contributed by atoms with Gasteiger partial charge in [-0.05, 0) is 24.5 Å². The molecule has 1 saturated heterocycles. The minimum Gasteiger partial charge on any atom is -0.447 e. The second kappa shape index (κ2) is 9.03. The Morgan fingerprint density at radius 2 is 2.00 bits per heavy atom. The van der Waals surface area contributed by atoms with Crippen LogP contribution in [-0.4, -0.2) is 41.8 Å². The molecule has 7 heteroatoms. The Morgan fingerprint density at radius 3 is 2.62 bits per heavy atom. The van der Waals surface area contributed by atoms with Crippen LogP contribution in [0, 0.1) is 5.92 Å². The maximum atomic E-state index is 12.7. The predicted octanol–water partition coefficient (Wildman–Crippen LogP) is 3.29. The van der Waals surface area contributed by atoms with E-state index in [2.05, 4.69) is 0 Å². The molecule has 0 spiro atoms. The summed E-state index contributed by atoms with van der Waals surface area (Å²) in [7, 11) is 0. The lowest BCUT2D eigenvalue weighted by molar-refractivity contribution is -0.137. The number of allylic oxidation sites excluding steroid dienone is 1. The maximum Gasteiger partial charge on any atom is 0.509 e. The topological polar surface area (TPSA) is 82.1 Å². The quantitative estimate of drug-likeness (QED) is 0.571. The number of amides is 2. The summed E-state index contributed by atoms with van der Waals surface area (Å²) in [4.78, 5) is 37.6. The van der Waals surface area contributed by atoms with E-state index < -0.39 is 30.3 Å². The van der Waals surface area contributed by atoms with Crippen LogP contribution >= 0.6 is 0 Å². The minimum atomic E-state index is -1.25. The fraction of sp³-hybridized carbons (Fsp3) is 0.421. The first-order valence-electron chi connectivity index (χ1n) is 8.44. The molecule has 2 rings (SSSR count). The van der Waals surface area contributed by atoms with Crippen molar-refractivity contribution in [2.75, 3.05) is 6.61 Å². The highest BCUT2D eigenvalue weighted by Gasteiger charge is 2.42. The van der Waals surface area contributed by atoms with E-state index in [4.69, 9.17) is 14.2 Å². The zero-order valence-electron chi connectivity index (χ0n) is 15.1. The Balaban J connectivity index is 2.01. The van der Waals surface area contributed by atoms with Crippen molar-refractivity contribution in [2.45, 2.75) is 39.5 Å². The van der Waals surface area contributed by atoms with E-state index in [0.29, 0.717) is 0 Å². The van der Waals surface area contributed by atoms with Crippen LogP contribution in [0.1, 0.15) is 26.3 Å². The molecule has 140 valence electrons. The van der Waals surface area contributed by atoms with E-state index in [0.717, 1.165) is 10.5 Å². The fourth-order valence-corrected chi connectivity index (χ4v) is 2.52. The van der Waals surface area contributed by atoms with E-state index in [1.807, 2.05) is 32.0 Å². The summed E-state index contributed by atoms with van der Waals surface area (Å²) in [5, 5.41) is 0. The highest BCUT2D eigenvalue weighted by Crippen LogP contribution is 2.21. The molecule has 0 aliphatic carbocycles. The van der Waals surface area contributed by atoms with Crippen LogP contribution in [0.3, 0.4) is 0 Å². The number of nitrogens with zero attached hydrogens (tertiary/aromatic N) is 1. The molecular weight excluding hydrogens is 338 g/mol. The monoisotopic (exact) mass is 361 g/mol. The van der Waals surface area contributed by atoms with Gasteiger partial charge in [-0.15, -0.1) is 0 Å². The Morgan fingerprint density at radius 1 is 1.31 bits per heavy atom. The third-order valence-electron chi connectivity index (χ3n) is 3.95. The lowest BCUT2D eigenvalue weighted by Crippen LogP contribution is -2.47. The molecule has 26 heavy (non-hydrogen) atoms. The first kappa shape index (κ1) is 19.5. The molecule has 0 unspecified atom stereocenters. The maximum absolute atomic E-state index is 12.7. The van der Waals surface area contributed by atoms with Crippen molar-refractivity contribution >= 4 is 18.2 Å². The molecule has 1 aliphatic rings. The summed E-state index contributed by atoms with van der Waals surface area (Å²) >= 11 is 0. The van der Waals surface area contributed by atoms with Crippen LogP contribution in [0.2, 0.25) is 0 Å². The van der Waals surface area contributed by atoms with Crippen LogP contribution in [-0.2, 0) is 25.6 Å². The first-order valence-corrected chi connectivity index (χ1v) is 8.44. The average Bonchev–Trinajstić information content (AvgIpc) is 3.01. The largest absolute Gasteiger partial charge is 0.509 e. The highest BCUT2D eigenvalue weighted by molar-refractivity contribution is 5.97. The van der Waals surface area contributed by atoms with Crippen molar-refractivity contribution in [3.63, 3.8) is 0 Å². The van der Waals surface area contributed by atoms with E-state index in [1.54, 1.807) is 25.1 Å². The number of cyclic esters (lactones) is 1. The lowest BCUT2D eigenvalue weighted by Gasteiger charge is -2.25. The Kier molecular flexibility index (Phi) is 6.77. The van der Waals surface area contributed by atoms with Gasteiger partial charge in [-0.25, -0.2) is 14.5 Å². The Bertz CT molecular complexity index is 670. The van der Waals surface area contributed by atoms with Gasteiger partial charge in [-0.1, -0.05) is 50.3 Å². The van der Waals surface area contributed by atoms with Gasteiger partial charge < -0.3 is 14.2 Å². The number of hydrogen-bond acceptors (Lipinski definition) is 6. The van der Waals surface area contributed by atoms with Gasteiger partial charge in [0.25, 0.3) is 5.91 Å². The summed E-state index contributed by atoms with van der Waals surface area (Å²) in [6.45, 7) is 5.60. The predicted molar refractivity (Wildman–Crippen MR) is 93.1 cm³/mol. The third-order valence-corrected chi connectivity index (χ3v) is 3.95. The molecule has 2 atom stereocenters. The summed E-state index contributed by atoms with van der Waals surface area (Å²) in [6.07, 6.45) is -0.00733. The van der Waals surface area contributed by atoms with Crippen molar-refractivity contribution in [1.82, 2.24) is 4.90 Å². The first-order chi connectivity index (χ1) is 12.4. The van der Waals surface area contributed by atoms with Crippen LogP contribution in [0.25, 0.3) is 0 Å². The highest BCUT2D eigenvalue weighted by atomic mass is 16.7. The van der Waals surface area contributed by atoms with Crippen LogP contribution in [0.4, 0.5) is 9.59 Å². The molecule has 7 nitrogen and oxygen atoms in total. The van der Waals surface area contributed by atoms with Crippen LogP contribution in [0.5, 0.6) is 0 Å². The number of hydrogen-bond donors (Lipinski definition) is 0. The van der Waals surface area contributed by atoms with Gasteiger partial charge in [0.2, 0.25) is 6.10 Å². The van der Waals surface area contributed by atoms with Gasteiger partial charge >= 0.3 is 12.2 Å². The second-order valence-corrected chi connectivity index (χ2v) is 6.19. The van der Waals surface area contributed by atoms with Crippen molar-refractivity contribution in [3.8, 4) is 0 Å². The Hall–Kier alpha value is -2.83. The van der Waals surface area contributed by atoms with Gasteiger partial charge in [0, 0.05) is 0 Å². The summed E-state index contributed by atoms with van der Waals surface area (Å²) in [5.41, 5.74) is 0.793. The summed E-state index contributed by atoms with van der Waals surface area (Å²) < 4.78 is 15.1.